The van der Waals surface area contributed by atoms with Gasteiger partial charge in [-0.25, -0.2) is 4.39 Å². The normalized spacial score (nSPS) is 16.6. The molecule has 3 rings (SSSR count). The molecule has 2 aromatic carbocycles. The third-order valence-electron chi connectivity index (χ3n) is 3.38. The number of hydrogen-bond donors (Lipinski definition) is 1. The molecule has 0 saturated heterocycles. The minimum absolute atomic E-state index is 0.131. The Morgan fingerprint density at radius 1 is 1.30 bits per heavy atom. The number of ether oxygens (including phenoxy) is 1. The Morgan fingerprint density at radius 2 is 2.15 bits per heavy atom. The lowest BCUT2D eigenvalue weighted by Crippen LogP contribution is -2.05. The van der Waals surface area contributed by atoms with Gasteiger partial charge in [0.25, 0.3) is 0 Å². The maximum absolute atomic E-state index is 13.1. The average molecular weight is 292 g/mol. The Balaban J connectivity index is 1.70. The third kappa shape index (κ3) is 2.73. The predicted molar refractivity (Wildman–Crippen MR) is 79.0 cm³/mol. The highest BCUT2D eigenvalue weighted by molar-refractivity contribution is 6.31. The van der Waals surface area contributed by atoms with Crippen molar-refractivity contribution in [3.05, 3.63) is 58.4 Å². The summed E-state index contributed by atoms with van der Waals surface area (Å²) in [6, 6.07) is 10.8. The van der Waals surface area contributed by atoms with Crippen molar-refractivity contribution in [1.82, 2.24) is 0 Å². The van der Waals surface area contributed by atoms with Crippen LogP contribution >= 0.6 is 11.6 Å². The second kappa shape index (κ2) is 5.33. The molecule has 20 heavy (non-hydrogen) atoms. The van der Waals surface area contributed by atoms with Gasteiger partial charge in [-0.15, -0.1) is 0 Å². The lowest BCUT2D eigenvalue weighted by molar-refractivity contribution is 0.254. The van der Waals surface area contributed by atoms with Crippen molar-refractivity contribution in [3.63, 3.8) is 0 Å². The summed E-state index contributed by atoms with van der Waals surface area (Å²) in [4.78, 5) is 0. The van der Waals surface area contributed by atoms with Crippen LogP contribution in [0.25, 0.3) is 0 Å². The number of benzene rings is 2. The Hall–Kier alpha value is -1.74. The quantitative estimate of drug-likeness (QED) is 0.904. The van der Waals surface area contributed by atoms with Gasteiger partial charge in [-0.1, -0.05) is 23.7 Å². The molecule has 0 saturated carbocycles. The third-order valence-corrected chi connectivity index (χ3v) is 3.67. The fourth-order valence-corrected chi connectivity index (χ4v) is 2.58. The van der Waals surface area contributed by atoms with E-state index in [1.165, 1.54) is 17.2 Å². The van der Waals surface area contributed by atoms with Crippen LogP contribution in [0.2, 0.25) is 5.02 Å². The highest BCUT2D eigenvalue weighted by Gasteiger charge is 2.18. The summed E-state index contributed by atoms with van der Waals surface area (Å²) >= 11 is 5.76. The summed E-state index contributed by atoms with van der Waals surface area (Å²) in [6.45, 7) is 2.74. The van der Waals surface area contributed by atoms with E-state index < -0.39 is 5.82 Å². The van der Waals surface area contributed by atoms with Crippen LogP contribution < -0.4 is 10.1 Å². The molecule has 2 aromatic rings. The minimum Gasteiger partial charge on any atom is -0.490 e. The molecule has 2 nitrogen and oxygen atoms in total. The van der Waals surface area contributed by atoms with E-state index in [4.69, 9.17) is 16.3 Å². The molecule has 4 heteroatoms. The van der Waals surface area contributed by atoms with Gasteiger partial charge in [0.15, 0.2) is 0 Å². The van der Waals surface area contributed by atoms with Gasteiger partial charge in [0, 0.05) is 18.7 Å². The second-order valence-electron chi connectivity index (χ2n) is 5.06. The Morgan fingerprint density at radius 3 is 2.95 bits per heavy atom. The van der Waals surface area contributed by atoms with Crippen molar-refractivity contribution >= 4 is 17.3 Å². The van der Waals surface area contributed by atoms with E-state index in [0.29, 0.717) is 6.54 Å². The molecule has 0 unspecified atom stereocenters. The highest BCUT2D eigenvalue weighted by atomic mass is 35.5. The van der Waals surface area contributed by atoms with Gasteiger partial charge in [0.05, 0.1) is 5.02 Å². The van der Waals surface area contributed by atoms with Gasteiger partial charge in [0.1, 0.15) is 17.7 Å². The van der Waals surface area contributed by atoms with Gasteiger partial charge < -0.3 is 10.1 Å². The molecule has 0 aliphatic carbocycles. The van der Waals surface area contributed by atoms with E-state index in [0.717, 1.165) is 17.9 Å². The summed E-state index contributed by atoms with van der Waals surface area (Å²) in [6.07, 6.45) is 1.20. The Bertz CT molecular complexity index is 644. The number of halogens is 2. The van der Waals surface area contributed by atoms with Crippen LogP contribution in [0.3, 0.4) is 0 Å². The van der Waals surface area contributed by atoms with E-state index in [1.54, 1.807) is 12.1 Å². The van der Waals surface area contributed by atoms with Crippen LogP contribution in [0.4, 0.5) is 10.1 Å². The summed E-state index contributed by atoms with van der Waals surface area (Å²) in [5.74, 6) is 0.576. The van der Waals surface area contributed by atoms with Gasteiger partial charge in [-0.05, 0) is 42.3 Å². The summed E-state index contributed by atoms with van der Waals surface area (Å²) in [5, 5.41) is 3.37. The maximum atomic E-state index is 13.1. The molecule has 0 spiro atoms. The van der Waals surface area contributed by atoms with Crippen molar-refractivity contribution < 1.29 is 9.13 Å². The first-order valence-corrected chi connectivity index (χ1v) is 6.97. The topological polar surface area (TPSA) is 21.3 Å². The maximum Gasteiger partial charge on any atom is 0.141 e. The Kier molecular flexibility index (Phi) is 3.53. The highest BCUT2D eigenvalue weighted by Crippen LogP contribution is 2.29. The van der Waals surface area contributed by atoms with Crippen LogP contribution in [-0.4, -0.2) is 6.10 Å². The molecule has 1 heterocycles. The zero-order valence-corrected chi connectivity index (χ0v) is 11.9. The molecule has 0 amide bonds. The van der Waals surface area contributed by atoms with E-state index >= 15 is 0 Å². The van der Waals surface area contributed by atoms with Crippen molar-refractivity contribution in [3.8, 4) is 5.75 Å². The molecule has 1 N–H and O–H groups in total. The van der Waals surface area contributed by atoms with Crippen LogP contribution in [0, 0.1) is 5.82 Å². The number of anilines is 1. The van der Waals surface area contributed by atoms with Gasteiger partial charge in [-0.2, -0.15) is 0 Å². The largest absolute Gasteiger partial charge is 0.490 e. The number of rotatable bonds is 3. The molecule has 104 valence electrons. The monoisotopic (exact) mass is 291 g/mol. The first-order valence-electron chi connectivity index (χ1n) is 6.59. The molecular weight excluding hydrogens is 277 g/mol. The molecule has 1 atom stereocenters. The second-order valence-corrected chi connectivity index (χ2v) is 5.46. The van der Waals surface area contributed by atoms with Gasteiger partial charge in [-0.3, -0.25) is 0 Å². The van der Waals surface area contributed by atoms with Crippen LogP contribution in [0.5, 0.6) is 5.75 Å². The van der Waals surface area contributed by atoms with Crippen molar-refractivity contribution in [1.29, 1.82) is 0 Å². The molecule has 0 aromatic heterocycles. The van der Waals surface area contributed by atoms with Crippen molar-refractivity contribution in [2.45, 2.75) is 26.0 Å². The van der Waals surface area contributed by atoms with Crippen molar-refractivity contribution in [2.75, 3.05) is 5.32 Å². The smallest absolute Gasteiger partial charge is 0.141 e. The summed E-state index contributed by atoms with van der Waals surface area (Å²) in [5.41, 5.74) is 3.22. The molecule has 0 fully saturated rings. The first-order chi connectivity index (χ1) is 9.61. The molecule has 1 aliphatic rings. The minimum atomic E-state index is -0.402. The molecule has 0 radical (unpaired) electrons. The standard InChI is InChI=1S/C16H15ClFNO/c1-10-6-12-7-11(2-5-16(12)20-10)9-19-13-3-4-15(18)14(17)8-13/h2-5,7-8,10,19H,6,9H2,1H3/t10-/m0/s1. The number of fused-ring (bicyclic) bond motifs is 1. The Labute approximate surface area is 122 Å². The van der Waals surface area contributed by atoms with E-state index in [9.17, 15) is 4.39 Å². The van der Waals surface area contributed by atoms with E-state index in [-0.39, 0.29) is 11.1 Å². The van der Waals surface area contributed by atoms with Crippen LogP contribution in [0.15, 0.2) is 36.4 Å². The van der Waals surface area contributed by atoms with Crippen LogP contribution in [-0.2, 0) is 13.0 Å². The number of hydrogen-bond acceptors (Lipinski definition) is 2. The fourth-order valence-electron chi connectivity index (χ4n) is 2.40. The van der Waals surface area contributed by atoms with Gasteiger partial charge >= 0.3 is 0 Å². The first kappa shape index (κ1) is 13.3. The summed E-state index contributed by atoms with van der Waals surface area (Å²) in [7, 11) is 0. The van der Waals surface area contributed by atoms with Crippen molar-refractivity contribution in [2.24, 2.45) is 0 Å². The lowest BCUT2D eigenvalue weighted by atomic mass is 10.1. The van der Waals surface area contributed by atoms with E-state index in [2.05, 4.69) is 18.3 Å². The molecular formula is C16H15ClFNO. The zero-order valence-electron chi connectivity index (χ0n) is 11.1. The summed E-state index contributed by atoms with van der Waals surface area (Å²) < 4.78 is 18.7. The lowest BCUT2D eigenvalue weighted by Gasteiger charge is -2.08. The predicted octanol–water partition coefficient (Wildman–Crippen LogP) is 4.41. The fraction of sp³-hybridized carbons (Fsp3) is 0.250. The SMILES string of the molecule is C[C@H]1Cc2cc(CNc3ccc(F)c(Cl)c3)ccc2O1. The number of nitrogens with one attached hydrogen (secondary N) is 1. The average Bonchev–Trinajstić information content (AvgIpc) is 2.79. The van der Waals surface area contributed by atoms with Gasteiger partial charge in [0.2, 0.25) is 0 Å². The zero-order chi connectivity index (χ0) is 14.1. The van der Waals surface area contributed by atoms with E-state index in [1.807, 2.05) is 12.1 Å². The molecule has 1 aliphatic heterocycles. The molecule has 0 bridgehead atoms. The van der Waals surface area contributed by atoms with Crippen LogP contribution in [0.1, 0.15) is 18.1 Å².